The molecular formula is C57H52N4O2. The molecule has 63 heavy (non-hydrogen) atoms. The molecule has 0 aliphatic rings. The number of phenolic OH excluding ortho intramolecular Hbond substituents is 1. The quantitative estimate of drug-likeness (QED) is 0.187. The van der Waals surface area contributed by atoms with E-state index in [1.807, 2.05) is 30.3 Å². The third kappa shape index (κ3) is 6.94. The highest BCUT2D eigenvalue weighted by Crippen LogP contribution is 2.46. The number of nitrogens with zero attached hydrogens (tertiary/aromatic N) is 4. The minimum atomic E-state index is -0.206. The molecule has 10 aromatic rings. The third-order valence-corrected chi connectivity index (χ3v) is 12.5. The van der Waals surface area contributed by atoms with Crippen LogP contribution in [0.2, 0.25) is 0 Å². The van der Waals surface area contributed by atoms with E-state index in [1.54, 1.807) is 18.5 Å². The van der Waals surface area contributed by atoms with Crippen molar-refractivity contribution in [3.8, 4) is 56.2 Å². The lowest BCUT2D eigenvalue weighted by atomic mass is 9.82. The molecule has 0 fully saturated rings. The van der Waals surface area contributed by atoms with Gasteiger partial charge in [0, 0.05) is 45.4 Å². The molecule has 6 nitrogen and oxygen atoms in total. The maximum absolute atomic E-state index is 11.8. The van der Waals surface area contributed by atoms with Crippen molar-refractivity contribution in [3.63, 3.8) is 0 Å². The number of hydrogen-bond acceptors (Lipinski definition) is 5. The number of aromatic nitrogens is 4. The van der Waals surface area contributed by atoms with Gasteiger partial charge in [-0.2, -0.15) is 0 Å². The lowest BCUT2D eigenvalue weighted by Crippen LogP contribution is -2.13. The van der Waals surface area contributed by atoms with E-state index in [0.717, 1.165) is 83.3 Å². The van der Waals surface area contributed by atoms with Crippen LogP contribution in [0.15, 0.2) is 150 Å². The molecule has 7 aromatic carbocycles. The number of imidazole rings is 1. The Morgan fingerprint density at radius 1 is 0.508 bits per heavy atom. The number of aromatic hydroxyl groups is 1. The highest BCUT2D eigenvalue weighted by molar-refractivity contribution is 6.13. The first-order chi connectivity index (χ1) is 30.0. The van der Waals surface area contributed by atoms with Gasteiger partial charge in [-0.3, -0.25) is 14.5 Å². The zero-order valence-electron chi connectivity index (χ0n) is 37.5. The predicted octanol–water partition coefficient (Wildman–Crippen LogP) is 15.1. The Labute approximate surface area is 368 Å². The van der Waals surface area contributed by atoms with Crippen LogP contribution < -0.4 is 0 Å². The van der Waals surface area contributed by atoms with E-state index < -0.39 is 0 Å². The van der Waals surface area contributed by atoms with Gasteiger partial charge in [0.15, 0.2) is 0 Å². The molecule has 0 aliphatic heterocycles. The Kier molecular flexibility index (Phi) is 9.23. The molecule has 3 heterocycles. The smallest absolute Gasteiger partial charge is 0.147 e. The van der Waals surface area contributed by atoms with Gasteiger partial charge in [-0.05, 0) is 105 Å². The monoisotopic (exact) mass is 824 g/mol. The largest absolute Gasteiger partial charge is 0.507 e. The number of furan rings is 1. The zero-order valence-corrected chi connectivity index (χ0v) is 37.5. The van der Waals surface area contributed by atoms with E-state index in [2.05, 4.69) is 164 Å². The number of para-hydroxylation sites is 2. The van der Waals surface area contributed by atoms with Crippen molar-refractivity contribution in [2.75, 3.05) is 0 Å². The molecule has 0 aliphatic carbocycles. The standard InChI is InChI=1S/C57H52N4O2/c1-55(2,3)37-22-24-46(43(31-37)34-16-11-10-12-17-34)61-47-20-15-19-42(50-48(62)25-23-41-40-18-13-14-21-49(40)63-53(41)50)52(47)60-54(61)36-28-35(29-38(30-36)56(4,5)6)44-32-39(57(7,8)9)33-45-51(44)59-27-26-58-45/h10-33,62H,1-9H3. The molecule has 0 saturated heterocycles. The van der Waals surface area contributed by atoms with Gasteiger partial charge in [0.1, 0.15) is 22.7 Å². The van der Waals surface area contributed by atoms with Crippen molar-refractivity contribution < 1.29 is 9.52 Å². The molecule has 0 radical (unpaired) electrons. The van der Waals surface area contributed by atoms with Crippen LogP contribution in [0.5, 0.6) is 5.75 Å². The van der Waals surface area contributed by atoms with E-state index >= 15 is 0 Å². The van der Waals surface area contributed by atoms with Crippen molar-refractivity contribution in [2.45, 2.75) is 78.6 Å². The lowest BCUT2D eigenvalue weighted by molar-refractivity contribution is 0.477. The molecule has 10 rings (SSSR count). The van der Waals surface area contributed by atoms with E-state index in [4.69, 9.17) is 19.4 Å². The van der Waals surface area contributed by atoms with Crippen molar-refractivity contribution in [1.82, 2.24) is 19.5 Å². The van der Waals surface area contributed by atoms with Gasteiger partial charge in [-0.25, -0.2) is 4.98 Å². The van der Waals surface area contributed by atoms with E-state index in [1.165, 1.54) is 16.7 Å². The Morgan fingerprint density at radius 2 is 1.19 bits per heavy atom. The maximum atomic E-state index is 11.8. The third-order valence-electron chi connectivity index (χ3n) is 12.5. The number of benzene rings is 7. The second-order valence-corrected chi connectivity index (χ2v) is 20.0. The van der Waals surface area contributed by atoms with Gasteiger partial charge in [0.2, 0.25) is 0 Å². The van der Waals surface area contributed by atoms with Crippen LogP contribution in [0.3, 0.4) is 0 Å². The Hall–Kier alpha value is -7.05. The maximum Gasteiger partial charge on any atom is 0.147 e. The van der Waals surface area contributed by atoms with Crippen LogP contribution in [-0.4, -0.2) is 24.6 Å². The summed E-state index contributed by atoms with van der Waals surface area (Å²) in [5, 5.41) is 13.7. The number of hydrogen-bond donors (Lipinski definition) is 1. The van der Waals surface area contributed by atoms with Crippen LogP contribution in [0.4, 0.5) is 0 Å². The summed E-state index contributed by atoms with van der Waals surface area (Å²) in [4.78, 5) is 15.4. The summed E-state index contributed by atoms with van der Waals surface area (Å²) in [6.45, 7) is 20.3. The summed E-state index contributed by atoms with van der Waals surface area (Å²) in [6.07, 6.45) is 3.55. The topological polar surface area (TPSA) is 77.0 Å². The molecule has 0 amide bonds. The van der Waals surface area contributed by atoms with Crippen LogP contribution in [0.1, 0.15) is 79.0 Å². The number of phenols is 1. The lowest BCUT2D eigenvalue weighted by Gasteiger charge is -2.24. The highest BCUT2D eigenvalue weighted by atomic mass is 16.3. The fourth-order valence-electron chi connectivity index (χ4n) is 8.90. The first-order valence-corrected chi connectivity index (χ1v) is 21.8. The molecule has 0 unspecified atom stereocenters. The van der Waals surface area contributed by atoms with Gasteiger partial charge in [0.25, 0.3) is 0 Å². The molecule has 0 spiro atoms. The van der Waals surface area contributed by atoms with Crippen molar-refractivity contribution in [2.24, 2.45) is 0 Å². The number of fused-ring (bicyclic) bond motifs is 5. The Balaban J connectivity index is 1.33. The number of rotatable bonds is 5. The summed E-state index contributed by atoms with van der Waals surface area (Å²) < 4.78 is 8.89. The second kappa shape index (κ2) is 14.5. The molecular weight excluding hydrogens is 773 g/mol. The molecule has 1 N–H and O–H groups in total. The summed E-state index contributed by atoms with van der Waals surface area (Å²) >= 11 is 0. The van der Waals surface area contributed by atoms with Crippen molar-refractivity contribution in [1.29, 1.82) is 0 Å². The van der Waals surface area contributed by atoms with Gasteiger partial charge in [-0.1, -0.05) is 135 Å². The minimum absolute atomic E-state index is 0.0823. The Morgan fingerprint density at radius 3 is 1.95 bits per heavy atom. The average molecular weight is 825 g/mol. The first kappa shape index (κ1) is 40.0. The summed E-state index contributed by atoms with van der Waals surface area (Å²) in [6, 6.07) is 46.8. The van der Waals surface area contributed by atoms with E-state index in [-0.39, 0.29) is 22.0 Å². The summed E-state index contributed by atoms with van der Waals surface area (Å²) in [5.41, 5.74) is 15.6. The summed E-state index contributed by atoms with van der Waals surface area (Å²) in [5.74, 6) is 0.914. The fourth-order valence-corrected chi connectivity index (χ4v) is 8.90. The normalized spacial score (nSPS) is 12.6. The second-order valence-electron chi connectivity index (χ2n) is 20.0. The fraction of sp³-hybridized carbons (Fsp3) is 0.211. The highest BCUT2D eigenvalue weighted by Gasteiger charge is 2.27. The van der Waals surface area contributed by atoms with Crippen LogP contribution in [0, 0.1) is 0 Å². The van der Waals surface area contributed by atoms with Gasteiger partial charge in [-0.15, -0.1) is 0 Å². The average Bonchev–Trinajstić information content (AvgIpc) is 3.84. The van der Waals surface area contributed by atoms with Crippen molar-refractivity contribution >= 4 is 44.0 Å². The summed E-state index contributed by atoms with van der Waals surface area (Å²) in [7, 11) is 0. The molecule has 312 valence electrons. The molecule has 6 heteroatoms. The van der Waals surface area contributed by atoms with E-state index in [0.29, 0.717) is 11.1 Å². The minimum Gasteiger partial charge on any atom is -0.507 e. The zero-order chi connectivity index (χ0) is 44.0. The predicted molar refractivity (Wildman–Crippen MR) is 261 cm³/mol. The van der Waals surface area contributed by atoms with E-state index in [9.17, 15) is 5.11 Å². The molecule has 0 bridgehead atoms. The molecule has 0 saturated carbocycles. The van der Waals surface area contributed by atoms with Crippen LogP contribution in [-0.2, 0) is 16.2 Å². The van der Waals surface area contributed by atoms with Crippen molar-refractivity contribution in [3.05, 3.63) is 163 Å². The van der Waals surface area contributed by atoms with Gasteiger partial charge < -0.3 is 9.52 Å². The molecule has 3 aromatic heterocycles. The molecule has 0 atom stereocenters. The van der Waals surface area contributed by atoms with Gasteiger partial charge in [0.05, 0.1) is 33.3 Å². The SMILES string of the molecule is CC(C)(C)c1cc(-c2cc(C(C)(C)C)cc3nccnc23)cc(-c2nc3c(-c4c(O)ccc5c4oc4ccccc45)cccc3n2-c2ccc(C(C)(C)C)cc2-c2ccccc2)c1. The van der Waals surface area contributed by atoms with Crippen LogP contribution in [0.25, 0.3) is 94.5 Å². The van der Waals surface area contributed by atoms with Crippen LogP contribution >= 0.6 is 0 Å². The van der Waals surface area contributed by atoms with Gasteiger partial charge >= 0.3 is 0 Å². The first-order valence-electron chi connectivity index (χ1n) is 21.8. The Bertz CT molecular complexity index is 3410.